The number of likely N-dealkylation sites (tertiary alicyclic amines) is 1. The number of ether oxygens (including phenoxy) is 2. The van der Waals surface area contributed by atoms with Gasteiger partial charge in [0.05, 0.1) is 14.2 Å². The van der Waals surface area contributed by atoms with Crippen molar-refractivity contribution in [1.29, 1.82) is 0 Å². The summed E-state index contributed by atoms with van der Waals surface area (Å²) >= 11 is 0. The molecule has 2 rings (SSSR count). The minimum absolute atomic E-state index is 0.449. The number of methoxy groups -OCH3 is 2. The van der Waals surface area contributed by atoms with Crippen LogP contribution >= 0.6 is 0 Å². The minimum atomic E-state index is 0.449. The van der Waals surface area contributed by atoms with Crippen LogP contribution in [0, 0.1) is 0 Å². The highest BCUT2D eigenvalue weighted by Crippen LogP contribution is 2.32. The lowest BCUT2D eigenvalue weighted by molar-refractivity contribution is 0.174. The Hall–Kier alpha value is -1.22. The Labute approximate surface area is 110 Å². The van der Waals surface area contributed by atoms with E-state index < -0.39 is 0 Å². The van der Waals surface area contributed by atoms with Crippen molar-refractivity contribution in [2.45, 2.75) is 32.2 Å². The molecule has 0 saturated carbocycles. The first-order valence-electron chi connectivity index (χ1n) is 6.72. The molecule has 0 aliphatic carbocycles. The second-order valence-electron chi connectivity index (χ2n) is 4.89. The Bertz CT molecular complexity index is 386. The molecule has 1 aromatic carbocycles. The highest BCUT2D eigenvalue weighted by atomic mass is 16.5. The number of nitrogens with zero attached hydrogens (tertiary/aromatic N) is 1. The van der Waals surface area contributed by atoms with Crippen molar-refractivity contribution in [2.24, 2.45) is 0 Å². The molecule has 1 fully saturated rings. The van der Waals surface area contributed by atoms with Gasteiger partial charge >= 0.3 is 0 Å². The quantitative estimate of drug-likeness (QED) is 0.817. The first kappa shape index (κ1) is 13.2. The van der Waals surface area contributed by atoms with Crippen LogP contribution in [0.25, 0.3) is 0 Å². The summed E-state index contributed by atoms with van der Waals surface area (Å²) in [5.41, 5.74) is 1.30. The van der Waals surface area contributed by atoms with Gasteiger partial charge in [0.1, 0.15) is 0 Å². The first-order valence-corrected chi connectivity index (χ1v) is 6.72. The molecule has 1 heterocycles. The van der Waals surface area contributed by atoms with Crippen LogP contribution in [-0.2, 0) is 0 Å². The summed E-state index contributed by atoms with van der Waals surface area (Å²) in [7, 11) is 3.36. The van der Waals surface area contributed by atoms with Crippen molar-refractivity contribution in [1.82, 2.24) is 4.90 Å². The Morgan fingerprint density at radius 1 is 1.00 bits per heavy atom. The predicted molar refractivity (Wildman–Crippen MR) is 73.4 cm³/mol. The molecule has 3 nitrogen and oxygen atoms in total. The van der Waals surface area contributed by atoms with Crippen molar-refractivity contribution in [3.05, 3.63) is 23.8 Å². The number of benzene rings is 1. The van der Waals surface area contributed by atoms with E-state index in [2.05, 4.69) is 24.0 Å². The van der Waals surface area contributed by atoms with Gasteiger partial charge in [-0.2, -0.15) is 0 Å². The average molecular weight is 249 g/mol. The maximum atomic E-state index is 5.37. The van der Waals surface area contributed by atoms with Gasteiger partial charge in [-0.1, -0.05) is 12.5 Å². The van der Waals surface area contributed by atoms with Gasteiger partial charge in [0, 0.05) is 6.04 Å². The number of rotatable bonds is 4. The summed E-state index contributed by atoms with van der Waals surface area (Å²) in [6.45, 7) is 4.68. The minimum Gasteiger partial charge on any atom is -0.493 e. The second-order valence-corrected chi connectivity index (χ2v) is 4.89. The SMILES string of the molecule is COc1ccc(C(C)N2CCCCC2)cc1OC. The van der Waals surface area contributed by atoms with E-state index in [0.29, 0.717) is 6.04 Å². The normalized spacial score (nSPS) is 18.4. The van der Waals surface area contributed by atoms with Crippen molar-refractivity contribution in [3.8, 4) is 11.5 Å². The third kappa shape index (κ3) is 2.78. The van der Waals surface area contributed by atoms with E-state index >= 15 is 0 Å². The van der Waals surface area contributed by atoms with Crippen molar-refractivity contribution in [3.63, 3.8) is 0 Å². The van der Waals surface area contributed by atoms with Crippen LogP contribution in [0.15, 0.2) is 18.2 Å². The monoisotopic (exact) mass is 249 g/mol. The van der Waals surface area contributed by atoms with Gasteiger partial charge in [-0.15, -0.1) is 0 Å². The molecule has 1 atom stereocenters. The molecule has 0 bridgehead atoms. The molecule has 1 aliphatic heterocycles. The lowest BCUT2D eigenvalue weighted by Crippen LogP contribution is -2.32. The summed E-state index contributed by atoms with van der Waals surface area (Å²) < 4.78 is 10.6. The van der Waals surface area contributed by atoms with Gasteiger partial charge in [-0.25, -0.2) is 0 Å². The predicted octanol–water partition coefficient (Wildman–Crippen LogP) is 3.25. The Morgan fingerprint density at radius 2 is 1.67 bits per heavy atom. The van der Waals surface area contributed by atoms with E-state index in [9.17, 15) is 0 Å². The van der Waals surface area contributed by atoms with Gasteiger partial charge in [0.15, 0.2) is 11.5 Å². The van der Waals surface area contributed by atoms with Crippen LogP contribution in [0.3, 0.4) is 0 Å². The lowest BCUT2D eigenvalue weighted by atomic mass is 10.0. The van der Waals surface area contributed by atoms with Crippen LogP contribution in [0.5, 0.6) is 11.5 Å². The topological polar surface area (TPSA) is 21.7 Å². The van der Waals surface area contributed by atoms with Crippen LogP contribution in [0.4, 0.5) is 0 Å². The second kappa shape index (κ2) is 6.10. The maximum Gasteiger partial charge on any atom is 0.161 e. The molecular weight excluding hydrogens is 226 g/mol. The van der Waals surface area contributed by atoms with Crippen molar-refractivity contribution < 1.29 is 9.47 Å². The molecule has 18 heavy (non-hydrogen) atoms. The summed E-state index contributed by atoms with van der Waals surface area (Å²) in [6.07, 6.45) is 4.00. The molecule has 3 heteroatoms. The van der Waals surface area contributed by atoms with Gasteiger partial charge in [-0.05, 0) is 50.6 Å². The summed E-state index contributed by atoms with van der Waals surface area (Å²) in [5.74, 6) is 1.62. The van der Waals surface area contributed by atoms with Gasteiger partial charge in [0.2, 0.25) is 0 Å². The fourth-order valence-electron chi connectivity index (χ4n) is 2.63. The maximum absolute atomic E-state index is 5.37. The van der Waals surface area contributed by atoms with Crippen molar-refractivity contribution in [2.75, 3.05) is 27.3 Å². The van der Waals surface area contributed by atoms with Gasteiger partial charge < -0.3 is 9.47 Å². The molecule has 1 unspecified atom stereocenters. The zero-order valence-electron chi connectivity index (χ0n) is 11.6. The smallest absolute Gasteiger partial charge is 0.161 e. The summed E-state index contributed by atoms with van der Waals surface area (Å²) in [6, 6.07) is 6.68. The molecular formula is C15H23NO2. The molecule has 1 saturated heterocycles. The Balaban J connectivity index is 2.16. The summed E-state index contributed by atoms with van der Waals surface area (Å²) in [4.78, 5) is 2.55. The molecule has 100 valence electrons. The van der Waals surface area contributed by atoms with E-state index in [1.807, 2.05) is 6.07 Å². The molecule has 0 spiro atoms. The van der Waals surface area contributed by atoms with Crippen LogP contribution in [-0.4, -0.2) is 32.2 Å². The lowest BCUT2D eigenvalue weighted by Gasteiger charge is -2.32. The number of hydrogen-bond acceptors (Lipinski definition) is 3. The molecule has 0 N–H and O–H groups in total. The number of piperidine rings is 1. The molecule has 0 amide bonds. The standard InChI is InChI=1S/C15H23NO2/c1-12(16-9-5-4-6-10-16)13-7-8-14(17-2)15(11-13)18-3/h7-8,11-12H,4-6,9-10H2,1-3H3. The number of hydrogen-bond donors (Lipinski definition) is 0. The Morgan fingerprint density at radius 3 is 2.28 bits per heavy atom. The average Bonchev–Trinajstić information content (AvgIpc) is 2.46. The summed E-state index contributed by atoms with van der Waals surface area (Å²) in [5, 5.41) is 0. The largest absolute Gasteiger partial charge is 0.493 e. The highest BCUT2D eigenvalue weighted by Gasteiger charge is 2.19. The van der Waals surface area contributed by atoms with E-state index in [1.165, 1.54) is 37.9 Å². The molecule has 1 aromatic rings. The van der Waals surface area contributed by atoms with Gasteiger partial charge in [-0.3, -0.25) is 4.90 Å². The van der Waals surface area contributed by atoms with E-state index in [1.54, 1.807) is 14.2 Å². The third-order valence-corrected chi connectivity index (χ3v) is 3.83. The van der Waals surface area contributed by atoms with E-state index in [4.69, 9.17) is 9.47 Å². The fraction of sp³-hybridized carbons (Fsp3) is 0.600. The molecule has 0 radical (unpaired) electrons. The van der Waals surface area contributed by atoms with E-state index in [0.717, 1.165) is 11.5 Å². The zero-order valence-corrected chi connectivity index (χ0v) is 11.6. The molecule has 0 aromatic heterocycles. The Kier molecular flexibility index (Phi) is 4.48. The van der Waals surface area contributed by atoms with Crippen LogP contribution in [0.1, 0.15) is 37.8 Å². The fourth-order valence-corrected chi connectivity index (χ4v) is 2.63. The highest BCUT2D eigenvalue weighted by molar-refractivity contribution is 5.43. The zero-order chi connectivity index (χ0) is 13.0. The van der Waals surface area contributed by atoms with E-state index in [-0.39, 0.29) is 0 Å². The van der Waals surface area contributed by atoms with Crippen LogP contribution < -0.4 is 9.47 Å². The molecule has 1 aliphatic rings. The van der Waals surface area contributed by atoms with Crippen molar-refractivity contribution >= 4 is 0 Å². The van der Waals surface area contributed by atoms with Crippen LogP contribution in [0.2, 0.25) is 0 Å². The first-order chi connectivity index (χ1) is 8.76. The third-order valence-electron chi connectivity index (χ3n) is 3.83. The van der Waals surface area contributed by atoms with Gasteiger partial charge in [0.25, 0.3) is 0 Å².